The molecule has 1 aliphatic heterocycles. The molecule has 0 saturated carbocycles. The van der Waals surface area contributed by atoms with Gasteiger partial charge in [0.15, 0.2) is 34.4 Å². The standard InChI is InChI=1S/C25H27N3O3S/c1-6-11-28-24(22-13-30-20-9-7-8-10-21(20)31-22)26-27-25(28)32-14-19(29)23-17(4)15(2)12-16(3)18(23)5/h6-10,12,22H,1,11,13-14H2,2-5H3. The van der Waals surface area contributed by atoms with E-state index in [1.54, 1.807) is 6.08 Å². The van der Waals surface area contributed by atoms with Crippen molar-refractivity contribution in [3.63, 3.8) is 0 Å². The summed E-state index contributed by atoms with van der Waals surface area (Å²) in [4.78, 5) is 13.1. The summed E-state index contributed by atoms with van der Waals surface area (Å²) >= 11 is 1.39. The Hall–Kier alpha value is -3.06. The zero-order valence-electron chi connectivity index (χ0n) is 18.8. The maximum atomic E-state index is 13.1. The molecule has 2 aromatic carbocycles. The highest BCUT2D eigenvalue weighted by atomic mass is 32.2. The number of nitrogens with zero attached hydrogens (tertiary/aromatic N) is 3. The van der Waals surface area contributed by atoms with Gasteiger partial charge >= 0.3 is 0 Å². The second-order valence-electron chi connectivity index (χ2n) is 7.95. The molecule has 4 rings (SSSR count). The molecule has 0 N–H and O–H groups in total. The van der Waals surface area contributed by atoms with E-state index in [2.05, 4.69) is 22.8 Å². The van der Waals surface area contributed by atoms with Crippen LogP contribution in [-0.4, -0.2) is 32.9 Å². The monoisotopic (exact) mass is 449 g/mol. The minimum Gasteiger partial charge on any atom is -0.485 e. The number of thioether (sulfide) groups is 1. The number of rotatable bonds is 7. The SMILES string of the molecule is C=CCn1c(SCC(=O)c2c(C)c(C)cc(C)c2C)nnc1C1COc2ccccc2O1. The minimum absolute atomic E-state index is 0.0951. The Balaban J connectivity index is 1.55. The van der Waals surface area contributed by atoms with Crippen molar-refractivity contribution in [2.24, 2.45) is 0 Å². The number of carbonyl (C=O) groups is 1. The van der Waals surface area contributed by atoms with Crippen molar-refractivity contribution < 1.29 is 14.3 Å². The smallest absolute Gasteiger partial charge is 0.192 e. The van der Waals surface area contributed by atoms with Crippen molar-refractivity contribution in [1.82, 2.24) is 14.8 Å². The van der Waals surface area contributed by atoms with Crippen molar-refractivity contribution in [3.8, 4) is 11.5 Å². The summed E-state index contributed by atoms with van der Waals surface area (Å²) in [6, 6.07) is 9.70. The number of hydrogen-bond donors (Lipinski definition) is 0. The van der Waals surface area contributed by atoms with Gasteiger partial charge in [-0.2, -0.15) is 0 Å². The number of ketones is 1. The lowest BCUT2D eigenvalue weighted by Gasteiger charge is -2.26. The number of aryl methyl sites for hydroxylation is 2. The molecule has 166 valence electrons. The molecule has 0 radical (unpaired) electrons. The molecule has 0 amide bonds. The summed E-state index contributed by atoms with van der Waals surface area (Å²) in [6.07, 6.45) is 1.40. The zero-order chi connectivity index (χ0) is 22.8. The molecule has 0 aliphatic carbocycles. The summed E-state index contributed by atoms with van der Waals surface area (Å²) in [7, 11) is 0. The van der Waals surface area contributed by atoms with Crippen LogP contribution in [0.5, 0.6) is 11.5 Å². The molecule has 0 saturated heterocycles. The van der Waals surface area contributed by atoms with E-state index >= 15 is 0 Å². The first-order valence-corrected chi connectivity index (χ1v) is 11.5. The van der Waals surface area contributed by atoms with Gasteiger partial charge in [0.05, 0.1) is 5.75 Å². The van der Waals surface area contributed by atoms with Crippen molar-refractivity contribution in [3.05, 3.63) is 76.6 Å². The van der Waals surface area contributed by atoms with Gasteiger partial charge in [-0.3, -0.25) is 9.36 Å². The van der Waals surface area contributed by atoms with Crippen LogP contribution in [-0.2, 0) is 6.54 Å². The fourth-order valence-electron chi connectivity index (χ4n) is 3.93. The third-order valence-corrected chi connectivity index (χ3v) is 6.80. The fourth-order valence-corrected chi connectivity index (χ4v) is 4.76. The van der Waals surface area contributed by atoms with Crippen LogP contribution < -0.4 is 9.47 Å². The quantitative estimate of drug-likeness (QED) is 0.281. The number of benzene rings is 2. The lowest BCUT2D eigenvalue weighted by atomic mass is 9.92. The van der Waals surface area contributed by atoms with Gasteiger partial charge in [0.2, 0.25) is 0 Å². The highest BCUT2D eigenvalue weighted by molar-refractivity contribution is 7.99. The summed E-state index contributed by atoms with van der Waals surface area (Å²) in [6.45, 7) is 12.8. The minimum atomic E-state index is -0.383. The first kappa shape index (κ1) is 22.1. The summed E-state index contributed by atoms with van der Waals surface area (Å²) in [5, 5.41) is 9.39. The maximum absolute atomic E-state index is 13.1. The van der Waals surface area contributed by atoms with E-state index in [1.807, 2.05) is 56.5 Å². The molecule has 2 heterocycles. The Kier molecular flexibility index (Phi) is 6.37. The van der Waals surface area contributed by atoms with Crippen LogP contribution in [0.15, 0.2) is 48.1 Å². The normalized spacial score (nSPS) is 14.9. The van der Waals surface area contributed by atoms with E-state index in [1.165, 1.54) is 11.8 Å². The largest absolute Gasteiger partial charge is 0.485 e. The van der Waals surface area contributed by atoms with E-state index in [-0.39, 0.29) is 17.6 Å². The van der Waals surface area contributed by atoms with Crippen LogP contribution in [0.3, 0.4) is 0 Å². The Morgan fingerprint density at radius 3 is 2.53 bits per heavy atom. The molecule has 0 spiro atoms. The topological polar surface area (TPSA) is 66.2 Å². The van der Waals surface area contributed by atoms with Crippen LogP contribution in [0.25, 0.3) is 0 Å². The van der Waals surface area contributed by atoms with Gasteiger partial charge in [-0.25, -0.2) is 0 Å². The molecule has 0 bridgehead atoms. The number of ether oxygens (including phenoxy) is 2. The third-order valence-electron chi connectivity index (χ3n) is 5.83. The number of para-hydroxylation sites is 2. The Morgan fingerprint density at radius 1 is 1.16 bits per heavy atom. The van der Waals surface area contributed by atoms with Gasteiger partial charge in [0.1, 0.15) is 6.61 Å². The molecular weight excluding hydrogens is 422 g/mol. The number of fused-ring (bicyclic) bond motifs is 1. The van der Waals surface area contributed by atoms with E-state index < -0.39 is 0 Å². The number of hydrogen-bond acceptors (Lipinski definition) is 6. The van der Waals surface area contributed by atoms with E-state index in [0.29, 0.717) is 29.9 Å². The lowest BCUT2D eigenvalue weighted by molar-refractivity contribution is 0.0821. The number of carbonyl (C=O) groups excluding carboxylic acids is 1. The Morgan fingerprint density at radius 2 is 1.84 bits per heavy atom. The lowest BCUT2D eigenvalue weighted by Crippen LogP contribution is -2.25. The fraction of sp³-hybridized carbons (Fsp3) is 0.320. The highest BCUT2D eigenvalue weighted by Crippen LogP contribution is 2.36. The highest BCUT2D eigenvalue weighted by Gasteiger charge is 2.28. The van der Waals surface area contributed by atoms with Gasteiger partial charge in [-0.15, -0.1) is 16.8 Å². The van der Waals surface area contributed by atoms with Crippen molar-refractivity contribution in [1.29, 1.82) is 0 Å². The summed E-state index contributed by atoms with van der Waals surface area (Å²) < 4.78 is 13.9. The molecule has 0 fully saturated rings. The second kappa shape index (κ2) is 9.20. The zero-order valence-corrected chi connectivity index (χ0v) is 19.7. The molecule has 3 aromatic rings. The molecule has 1 unspecified atom stereocenters. The molecular formula is C25H27N3O3S. The van der Waals surface area contributed by atoms with Crippen molar-refractivity contribution in [2.45, 2.75) is 45.5 Å². The molecule has 1 atom stereocenters. The van der Waals surface area contributed by atoms with Crippen LogP contribution in [0, 0.1) is 27.7 Å². The van der Waals surface area contributed by atoms with Crippen LogP contribution in [0.4, 0.5) is 0 Å². The number of Topliss-reactive ketones (excluding diaryl/α,β-unsaturated/α-hetero) is 1. The molecule has 1 aromatic heterocycles. The Labute approximate surface area is 192 Å². The van der Waals surface area contributed by atoms with Crippen LogP contribution in [0.1, 0.15) is 44.5 Å². The maximum Gasteiger partial charge on any atom is 0.192 e. The van der Waals surface area contributed by atoms with Gasteiger partial charge in [0.25, 0.3) is 0 Å². The second-order valence-corrected chi connectivity index (χ2v) is 8.89. The molecule has 1 aliphatic rings. The average Bonchev–Trinajstić information content (AvgIpc) is 3.19. The average molecular weight is 450 g/mol. The van der Waals surface area contributed by atoms with E-state index in [4.69, 9.17) is 9.47 Å². The Bertz CT molecular complexity index is 1160. The van der Waals surface area contributed by atoms with Crippen molar-refractivity contribution in [2.75, 3.05) is 12.4 Å². The first-order valence-electron chi connectivity index (χ1n) is 10.6. The van der Waals surface area contributed by atoms with Crippen LogP contribution in [0.2, 0.25) is 0 Å². The third kappa shape index (κ3) is 4.17. The van der Waals surface area contributed by atoms with Gasteiger partial charge in [-0.05, 0) is 62.1 Å². The predicted octanol–water partition coefficient (Wildman–Crippen LogP) is 5.19. The molecule has 32 heavy (non-hydrogen) atoms. The predicted molar refractivity (Wildman–Crippen MR) is 126 cm³/mol. The first-order chi connectivity index (χ1) is 15.4. The van der Waals surface area contributed by atoms with E-state index in [0.717, 1.165) is 33.6 Å². The molecule has 6 nitrogen and oxygen atoms in total. The molecule has 7 heteroatoms. The van der Waals surface area contributed by atoms with Gasteiger partial charge in [-0.1, -0.05) is 36.0 Å². The van der Waals surface area contributed by atoms with Crippen LogP contribution >= 0.6 is 11.8 Å². The summed E-state index contributed by atoms with van der Waals surface area (Å²) in [5.74, 6) is 2.44. The number of allylic oxidation sites excluding steroid dienone is 1. The van der Waals surface area contributed by atoms with E-state index in [9.17, 15) is 4.79 Å². The van der Waals surface area contributed by atoms with Gasteiger partial charge < -0.3 is 9.47 Å². The van der Waals surface area contributed by atoms with Gasteiger partial charge in [0, 0.05) is 12.1 Å². The summed E-state index contributed by atoms with van der Waals surface area (Å²) in [5.41, 5.74) is 5.16. The van der Waals surface area contributed by atoms with Crippen molar-refractivity contribution >= 4 is 17.5 Å². The number of aromatic nitrogens is 3.